The second-order valence-electron chi connectivity index (χ2n) is 6.62. The fraction of sp³-hybridized carbons (Fsp3) is 0.273. The van der Waals surface area contributed by atoms with Crippen molar-refractivity contribution in [2.45, 2.75) is 26.3 Å². The number of hydrogen-bond acceptors (Lipinski definition) is 4. The van der Waals surface area contributed by atoms with Gasteiger partial charge in [-0.15, -0.1) is 0 Å². The van der Waals surface area contributed by atoms with Crippen LogP contribution in [-0.2, 0) is 6.54 Å². The van der Waals surface area contributed by atoms with E-state index in [0.29, 0.717) is 18.8 Å². The number of nitrogens with zero attached hydrogens (tertiary/aromatic N) is 2. The lowest BCUT2D eigenvalue weighted by molar-refractivity contribution is 0.0734. The van der Waals surface area contributed by atoms with Crippen molar-refractivity contribution < 1.29 is 14.3 Å². The molecule has 3 aromatic rings. The topological polar surface area (TPSA) is 51.7 Å². The molecule has 0 spiro atoms. The normalized spacial score (nSPS) is 12.3. The van der Waals surface area contributed by atoms with Crippen molar-refractivity contribution in [3.63, 3.8) is 0 Å². The lowest BCUT2D eigenvalue weighted by Gasteiger charge is -2.23. The van der Waals surface area contributed by atoms with E-state index < -0.39 is 0 Å². The minimum absolute atomic E-state index is 0.0641. The summed E-state index contributed by atoms with van der Waals surface area (Å²) in [4.78, 5) is 19.6. The number of unbranched alkanes of at least 4 members (excludes halogenated alkanes) is 1. The SMILES string of the molecule is CCCCN(Cc1cccc2c1OCO2)C(=O)c1ccc2ccccc2n1. The largest absolute Gasteiger partial charge is 0.454 e. The van der Waals surface area contributed by atoms with Gasteiger partial charge in [0.2, 0.25) is 6.79 Å². The van der Waals surface area contributed by atoms with Crippen LogP contribution in [0, 0.1) is 0 Å². The molecule has 0 saturated carbocycles. The van der Waals surface area contributed by atoms with Crippen LogP contribution < -0.4 is 9.47 Å². The first-order valence-electron chi connectivity index (χ1n) is 9.29. The Morgan fingerprint density at radius 1 is 1.07 bits per heavy atom. The van der Waals surface area contributed by atoms with Gasteiger partial charge in [-0.1, -0.05) is 49.7 Å². The maximum atomic E-state index is 13.2. The second kappa shape index (κ2) is 7.66. The van der Waals surface area contributed by atoms with E-state index in [-0.39, 0.29) is 12.7 Å². The smallest absolute Gasteiger partial charge is 0.272 e. The number of amides is 1. The Morgan fingerprint density at radius 2 is 1.96 bits per heavy atom. The number of ether oxygens (including phenoxy) is 2. The van der Waals surface area contributed by atoms with E-state index in [9.17, 15) is 4.79 Å². The summed E-state index contributed by atoms with van der Waals surface area (Å²) in [5.41, 5.74) is 2.25. The van der Waals surface area contributed by atoms with Gasteiger partial charge in [0.25, 0.3) is 5.91 Å². The molecule has 1 aliphatic heterocycles. The molecular formula is C22H22N2O3. The average molecular weight is 362 g/mol. The molecule has 0 fully saturated rings. The van der Waals surface area contributed by atoms with Crippen molar-refractivity contribution in [2.24, 2.45) is 0 Å². The molecule has 1 aliphatic rings. The number of hydrogen-bond donors (Lipinski definition) is 0. The highest BCUT2D eigenvalue weighted by Crippen LogP contribution is 2.36. The molecule has 0 unspecified atom stereocenters. The predicted molar refractivity (Wildman–Crippen MR) is 104 cm³/mol. The standard InChI is InChI=1S/C22H22N2O3/c1-2-3-13-24(14-17-8-6-10-20-21(17)27-15-26-20)22(25)19-12-11-16-7-4-5-9-18(16)23-19/h4-12H,2-3,13-15H2,1H3. The maximum Gasteiger partial charge on any atom is 0.272 e. The van der Waals surface area contributed by atoms with Crippen molar-refractivity contribution in [1.29, 1.82) is 0 Å². The van der Waals surface area contributed by atoms with E-state index in [4.69, 9.17) is 9.47 Å². The first-order chi connectivity index (χ1) is 13.3. The summed E-state index contributed by atoms with van der Waals surface area (Å²) in [5, 5.41) is 1.03. The summed E-state index contributed by atoms with van der Waals surface area (Å²) in [6, 6.07) is 17.4. The molecule has 27 heavy (non-hydrogen) atoms. The van der Waals surface area contributed by atoms with Crippen molar-refractivity contribution in [3.8, 4) is 11.5 Å². The van der Waals surface area contributed by atoms with E-state index in [2.05, 4.69) is 11.9 Å². The number of pyridine rings is 1. The van der Waals surface area contributed by atoms with Gasteiger partial charge in [-0.05, 0) is 24.6 Å². The van der Waals surface area contributed by atoms with E-state index in [1.165, 1.54) is 0 Å². The molecule has 1 aromatic heterocycles. The monoisotopic (exact) mass is 362 g/mol. The van der Waals surface area contributed by atoms with Gasteiger partial charge in [0.05, 0.1) is 5.52 Å². The Bertz CT molecular complexity index is 971. The Kier molecular flexibility index (Phi) is 4.92. The van der Waals surface area contributed by atoms with Crippen LogP contribution in [0.5, 0.6) is 11.5 Å². The summed E-state index contributed by atoms with van der Waals surface area (Å²) in [5.74, 6) is 1.41. The van der Waals surface area contributed by atoms with E-state index in [1.807, 2.05) is 53.4 Å². The molecule has 1 amide bonds. The molecule has 0 aliphatic carbocycles. The van der Waals surface area contributed by atoms with E-state index >= 15 is 0 Å². The van der Waals surface area contributed by atoms with Crippen molar-refractivity contribution in [3.05, 3.63) is 65.9 Å². The number of benzene rings is 2. The average Bonchev–Trinajstić information content (AvgIpc) is 3.20. The van der Waals surface area contributed by atoms with Crippen LogP contribution in [0.3, 0.4) is 0 Å². The van der Waals surface area contributed by atoms with Crippen LogP contribution in [0.4, 0.5) is 0 Å². The van der Waals surface area contributed by atoms with Crippen molar-refractivity contribution in [2.75, 3.05) is 13.3 Å². The van der Waals surface area contributed by atoms with Crippen LogP contribution in [0.2, 0.25) is 0 Å². The van der Waals surface area contributed by atoms with Gasteiger partial charge in [-0.3, -0.25) is 4.79 Å². The molecule has 138 valence electrons. The van der Waals surface area contributed by atoms with Crippen molar-refractivity contribution >= 4 is 16.8 Å². The third-order valence-corrected chi connectivity index (χ3v) is 4.73. The van der Waals surface area contributed by atoms with Gasteiger partial charge in [0.1, 0.15) is 5.69 Å². The molecule has 5 nitrogen and oxygen atoms in total. The summed E-state index contributed by atoms with van der Waals surface area (Å²) in [6.07, 6.45) is 1.95. The molecule has 2 aromatic carbocycles. The van der Waals surface area contributed by atoms with E-state index in [0.717, 1.165) is 40.8 Å². The third kappa shape index (κ3) is 3.58. The van der Waals surface area contributed by atoms with Gasteiger partial charge in [-0.2, -0.15) is 0 Å². The summed E-state index contributed by atoms with van der Waals surface area (Å²) in [6.45, 7) is 3.49. The number of carbonyl (C=O) groups excluding carboxylic acids is 1. The summed E-state index contributed by atoms with van der Waals surface area (Å²) < 4.78 is 11.1. The van der Waals surface area contributed by atoms with Gasteiger partial charge in [-0.25, -0.2) is 4.98 Å². The highest BCUT2D eigenvalue weighted by molar-refractivity contribution is 5.95. The minimum Gasteiger partial charge on any atom is -0.454 e. The molecule has 0 atom stereocenters. The first kappa shape index (κ1) is 17.3. The fourth-order valence-electron chi connectivity index (χ4n) is 3.27. The molecule has 5 heteroatoms. The molecule has 0 radical (unpaired) electrons. The predicted octanol–water partition coefficient (Wildman–Crippen LogP) is 4.41. The first-order valence-corrected chi connectivity index (χ1v) is 9.29. The lowest BCUT2D eigenvalue weighted by Crippen LogP contribution is -2.32. The summed E-state index contributed by atoms with van der Waals surface area (Å²) in [7, 11) is 0. The van der Waals surface area contributed by atoms with Gasteiger partial charge in [0, 0.05) is 24.0 Å². The quantitative estimate of drug-likeness (QED) is 0.652. The Morgan fingerprint density at radius 3 is 2.85 bits per heavy atom. The summed E-state index contributed by atoms with van der Waals surface area (Å²) >= 11 is 0. The zero-order valence-electron chi connectivity index (χ0n) is 15.4. The molecule has 2 heterocycles. The van der Waals surface area contributed by atoms with Crippen molar-refractivity contribution in [1.82, 2.24) is 9.88 Å². The van der Waals surface area contributed by atoms with Crippen LogP contribution in [0.25, 0.3) is 10.9 Å². The third-order valence-electron chi connectivity index (χ3n) is 4.73. The van der Waals surface area contributed by atoms with Crippen LogP contribution in [0.15, 0.2) is 54.6 Å². The number of fused-ring (bicyclic) bond motifs is 2. The number of rotatable bonds is 6. The zero-order chi connectivity index (χ0) is 18.6. The number of carbonyl (C=O) groups is 1. The number of aromatic nitrogens is 1. The Labute approximate surface area is 158 Å². The van der Waals surface area contributed by atoms with E-state index in [1.54, 1.807) is 6.07 Å². The van der Waals surface area contributed by atoms with Crippen LogP contribution >= 0.6 is 0 Å². The second-order valence-corrected chi connectivity index (χ2v) is 6.62. The highest BCUT2D eigenvalue weighted by Gasteiger charge is 2.22. The Balaban J connectivity index is 1.62. The minimum atomic E-state index is -0.0641. The fourth-order valence-corrected chi connectivity index (χ4v) is 3.27. The maximum absolute atomic E-state index is 13.2. The van der Waals surface area contributed by atoms with Gasteiger partial charge < -0.3 is 14.4 Å². The lowest BCUT2D eigenvalue weighted by atomic mass is 10.1. The number of para-hydroxylation sites is 2. The zero-order valence-corrected chi connectivity index (χ0v) is 15.4. The van der Waals surface area contributed by atoms with Crippen LogP contribution in [-0.4, -0.2) is 29.1 Å². The van der Waals surface area contributed by atoms with Crippen LogP contribution in [0.1, 0.15) is 35.8 Å². The molecule has 0 bridgehead atoms. The van der Waals surface area contributed by atoms with Gasteiger partial charge in [0.15, 0.2) is 11.5 Å². The molecular weight excluding hydrogens is 340 g/mol. The molecule has 0 saturated heterocycles. The molecule has 4 rings (SSSR count). The molecule has 0 N–H and O–H groups in total. The Hall–Kier alpha value is -3.08. The van der Waals surface area contributed by atoms with Gasteiger partial charge >= 0.3 is 0 Å². The highest BCUT2D eigenvalue weighted by atomic mass is 16.7.